The number of hydrogen-bond donors (Lipinski definition) is 0. The highest BCUT2D eigenvalue weighted by Crippen LogP contribution is 2.22. The van der Waals surface area contributed by atoms with Crippen LogP contribution in [-0.2, 0) is 6.54 Å². The van der Waals surface area contributed by atoms with Crippen LogP contribution >= 0.6 is 15.9 Å². The lowest BCUT2D eigenvalue weighted by atomic mass is 10.2. The largest absolute Gasteiger partial charge is 0.497 e. The number of rotatable bonds is 3. The van der Waals surface area contributed by atoms with Crippen LogP contribution in [0.4, 0.5) is 0 Å². The summed E-state index contributed by atoms with van der Waals surface area (Å²) in [6.45, 7) is 0.678. The van der Waals surface area contributed by atoms with Gasteiger partial charge in [0.2, 0.25) is 0 Å². The maximum absolute atomic E-state index is 5.16. The summed E-state index contributed by atoms with van der Waals surface area (Å²) in [7, 11) is 1.66. The zero-order valence-corrected chi connectivity index (χ0v) is 9.81. The maximum atomic E-state index is 5.16. The van der Waals surface area contributed by atoms with Gasteiger partial charge in [-0.15, -0.1) is 0 Å². The quantitative estimate of drug-likeness (QED) is 0.855. The van der Waals surface area contributed by atoms with Gasteiger partial charge in [0.05, 0.1) is 13.7 Å². The first-order valence-electron chi connectivity index (χ1n) is 4.44. The lowest BCUT2D eigenvalue weighted by molar-refractivity contribution is 0.414. The van der Waals surface area contributed by atoms with Crippen molar-refractivity contribution in [1.82, 2.24) is 14.8 Å². The number of halogens is 1. The van der Waals surface area contributed by atoms with Gasteiger partial charge in [0.25, 0.3) is 0 Å². The molecule has 0 N–H and O–H groups in total. The van der Waals surface area contributed by atoms with E-state index in [1.165, 1.54) is 6.33 Å². The number of nitrogens with zero attached hydrogens (tertiary/aromatic N) is 3. The van der Waals surface area contributed by atoms with E-state index in [-0.39, 0.29) is 0 Å². The van der Waals surface area contributed by atoms with Gasteiger partial charge in [0.15, 0.2) is 0 Å². The highest BCUT2D eigenvalue weighted by atomic mass is 79.9. The first-order chi connectivity index (χ1) is 7.29. The molecule has 1 aromatic carbocycles. The standard InChI is InChI=1S/C10H10BrN3O/c1-15-9-2-3-10(11)8(4-9)5-14-7-12-6-13-14/h2-4,6-7H,5H2,1H3. The van der Waals surface area contributed by atoms with Crippen LogP contribution in [0.25, 0.3) is 0 Å². The molecule has 0 radical (unpaired) electrons. The van der Waals surface area contributed by atoms with E-state index < -0.39 is 0 Å². The smallest absolute Gasteiger partial charge is 0.137 e. The first-order valence-corrected chi connectivity index (χ1v) is 5.23. The van der Waals surface area contributed by atoms with Gasteiger partial charge in [-0.05, 0) is 23.8 Å². The Morgan fingerprint density at radius 1 is 1.47 bits per heavy atom. The summed E-state index contributed by atoms with van der Waals surface area (Å²) in [6.07, 6.45) is 3.21. The van der Waals surface area contributed by atoms with Gasteiger partial charge >= 0.3 is 0 Å². The van der Waals surface area contributed by atoms with Crippen molar-refractivity contribution < 1.29 is 4.74 Å². The molecule has 5 heteroatoms. The second-order valence-corrected chi connectivity index (χ2v) is 3.90. The molecule has 0 saturated heterocycles. The summed E-state index contributed by atoms with van der Waals surface area (Å²) in [5.41, 5.74) is 1.11. The topological polar surface area (TPSA) is 39.9 Å². The maximum Gasteiger partial charge on any atom is 0.137 e. The molecule has 1 aromatic heterocycles. The Hall–Kier alpha value is -1.36. The van der Waals surface area contributed by atoms with Gasteiger partial charge in [-0.2, -0.15) is 5.10 Å². The predicted molar refractivity (Wildman–Crippen MR) is 59.8 cm³/mol. The minimum absolute atomic E-state index is 0.678. The Morgan fingerprint density at radius 2 is 2.33 bits per heavy atom. The van der Waals surface area contributed by atoms with Crippen molar-refractivity contribution in [2.24, 2.45) is 0 Å². The summed E-state index contributed by atoms with van der Waals surface area (Å²) in [5.74, 6) is 0.841. The highest BCUT2D eigenvalue weighted by Gasteiger charge is 2.03. The Bertz CT molecular complexity index is 442. The van der Waals surface area contributed by atoms with E-state index in [9.17, 15) is 0 Å². The number of methoxy groups -OCH3 is 1. The number of ether oxygens (including phenoxy) is 1. The minimum atomic E-state index is 0.678. The molecule has 0 unspecified atom stereocenters. The van der Waals surface area contributed by atoms with Crippen molar-refractivity contribution >= 4 is 15.9 Å². The Morgan fingerprint density at radius 3 is 3.00 bits per heavy atom. The second kappa shape index (κ2) is 4.44. The normalized spacial score (nSPS) is 10.3. The molecule has 0 aliphatic carbocycles. The van der Waals surface area contributed by atoms with Crippen LogP contribution < -0.4 is 4.74 Å². The van der Waals surface area contributed by atoms with Gasteiger partial charge in [-0.3, -0.25) is 0 Å². The van der Waals surface area contributed by atoms with Crippen molar-refractivity contribution in [2.75, 3.05) is 7.11 Å². The number of hydrogen-bond acceptors (Lipinski definition) is 3. The van der Waals surface area contributed by atoms with Gasteiger partial charge < -0.3 is 4.74 Å². The second-order valence-electron chi connectivity index (χ2n) is 3.05. The summed E-state index contributed by atoms with van der Waals surface area (Å²) >= 11 is 3.49. The minimum Gasteiger partial charge on any atom is -0.497 e. The monoisotopic (exact) mass is 267 g/mol. The third-order valence-electron chi connectivity index (χ3n) is 2.05. The van der Waals surface area contributed by atoms with Crippen molar-refractivity contribution in [3.05, 3.63) is 40.9 Å². The summed E-state index contributed by atoms with van der Waals surface area (Å²) in [4.78, 5) is 3.90. The molecule has 4 nitrogen and oxygen atoms in total. The zero-order valence-electron chi connectivity index (χ0n) is 8.22. The van der Waals surface area contributed by atoms with E-state index in [0.717, 1.165) is 15.8 Å². The van der Waals surface area contributed by atoms with Crippen LogP contribution in [-0.4, -0.2) is 21.9 Å². The molecule has 0 bridgehead atoms. The molecule has 15 heavy (non-hydrogen) atoms. The van der Waals surface area contributed by atoms with E-state index in [1.807, 2.05) is 18.2 Å². The molecule has 0 saturated carbocycles. The lowest BCUT2D eigenvalue weighted by Crippen LogP contribution is -2.01. The molecule has 0 spiro atoms. The fourth-order valence-corrected chi connectivity index (χ4v) is 1.66. The van der Waals surface area contributed by atoms with Crippen LogP contribution in [0.2, 0.25) is 0 Å². The van der Waals surface area contributed by atoms with E-state index >= 15 is 0 Å². The third kappa shape index (κ3) is 2.36. The van der Waals surface area contributed by atoms with E-state index in [2.05, 4.69) is 26.0 Å². The fourth-order valence-electron chi connectivity index (χ4n) is 1.29. The molecule has 0 fully saturated rings. The van der Waals surface area contributed by atoms with Crippen molar-refractivity contribution in [3.63, 3.8) is 0 Å². The Labute approximate surface area is 96.0 Å². The molecular formula is C10H10BrN3O. The first kappa shape index (κ1) is 10.2. The molecule has 1 heterocycles. The van der Waals surface area contributed by atoms with Crippen LogP contribution in [0.15, 0.2) is 35.3 Å². The van der Waals surface area contributed by atoms with Crippen LogP contribution in [0, 0.1) is 0 Å². The average molecular weight is 268 g/mol. The molecule has 0 aliphatic heterocycles. The molecule has 2 aromatic rings. The van der Waals surface area contributed by atoms with Gasteiger partial charge in [0, 0.05) is 4.47 Å². The summed E-state index contributed by atoms with van der Waals surface area (Å²) in [5, 5.41) is 4.05. The van der Waals surface area contributed by atoms with Crippen molar-refractivity contribution in [1.29, 1.82) is 0 Å². The van der Waals surface area contributed by atoms with Crippen molar-refractivity contribution in [3.8, 4) is 5.75 Å². The van der Waals surface area contributed by atoms with E-state index in [1.54, 1.807) is 18.1 Å². The zero-order chi connectivity index (χ0) is 10.7. The summed E-state index contributed by atoms with van der Waals surface area (Å²) < 4.78 is 7.97. The predicted octanol–water partition coefficient (Wildman–Crippen LogP) is 2.10. The molecule has 2 rings (SSSR count). The molecule has 0 atom stereocenters. The van der Waals surface area contributed by atoms with E-state index in [0.29, 0.717) is 6.54 Å². The Kier molecular flexibility index (Phi) is 3.01. The third-order valence-corrected chi connectivity index (χ3v) is 2.83. The molecule has 78 valence electrons. The van der Waals surface area contributed by atoms with Crippen LogP contribution in [0.3, 0.4) is 0 Å². The molecule has 0 aliphatic rings. The van der Waals surface area contributed by atoms with Gasteiger partial charge in [0.1, 0.15) is 18.4 Å². The van der Waals surface area contributed by atoms with Crippen molar-refractivity contribution in [2.45, 2.75) is 6.54 Å². The SMILES string of the molecule is COc1ccc(Br)c(Cn2cncn2)c1. The highest BCUT2D eigenvalue weighted by molar-refractivity contribution is 9.10. The number of aromatic nitrogens is 3. The Balaban J connectivity index is 2.27. The van der Waals surface area contributed by atoms with E-state index in [4.69, 9.17) is 4.74 Å². The fraction of sp³-hybridized carbons (Fsp3) is 0.200. The molecular weight excluding hydrogens is 258 g/mol. The molecule has 0 amide bonds. The summed E-state index contributed by atoms with van der Waals surface area (Å²) in [6, 6.07) is 5.85. The average Bonchev–Trinajstić information content (AvgIpc) is 2.74. The van der Waals surface area contributed by atoms with Crippen LogP contribution in [0.1, 0.15) is 5.56 Å². The number of benzene rings is 1. The lowest BCUT2D eigenvalue weighted by Gasteiger charge is -2.06. The van der Waals surface area contributed by atoms with Crippen LogP contribution in [0.5, 0.6) is 5.75 Å². The van der Waals surface area contributed by atoms with Gasteiger partial charge in [-0.1, -0.05) is 15.9 Å². The van der Waals surface area contributed by atoms with Gasteiger partial charge in [-0.25, -0.2) is 9.67 Å².